The van der Waals surface area contributed by atoms with Gasteiger partial charge in [-0.15, -0.1) is 0 Å². The maximum Gasteiger partial charge on any atom is 0.119 e. The van der Waals surface area contributed by atoms with Gasteiger partial charge in [0.15, 0.2) is 0 Å². The Morgan fingerprint density at radius 1 is 0.852 bits per heavy atom. The molecule has 0 aliphatic heterocycles. The Kier molecular flexibility index (Phi) is 7.38. The quantitative estimate of drug-likeness (QED) is 0.463. The van der Waals surface area contributed by atoms with Crippen LogP contribution >= 0.6 is 0 Å². The summed E-state index contributed by atoms with van der Waals surface area (Å²) in [5.41, 5.74) is 4.10. The molecule has 0 unspecified atom stereocenters. The summed E-state index contributed by atoms with van der Waals surface area (Å²) in [6.07, 6.45) is 9.43. The monoisotopic (exact) mass is 364 g/mol. The molecule has 0 aromatic heterocycles. The van der Waals surface area contributed by atoms with Gasteiger partial charge in [-0.25, -0.2) is 0 Å². The number of ether oxygens (including phenoxy) is 1. The lowest BCUT2D eigenvalue weighted by Gasteiger charge is -2.29. The first-order chi connectivity index (χ1) is 13.2. The summed E-state index contributed by atoms with van der Waals surface area (Å²) in [7, 11) is 0. The molecule has 1 nitrogen and oxygen atoms in total. The van der Waals surface area contributed by atoms with Crippen molar-refractivity contribution in [1.29, 1.82) is 0 Å². The van der Waals surface area contributed by atoms with E-state index in [1.54, 1.807) is 0 Å². The third-order valence-corrected chi connectivity index (χ3v) is 6.04. The maximum atomic E-state index is 5.68. The van der Waals surface area contributed by atoms with Gasteiger partial charge in [0.25, 0.3) is 0 Å². The number of rotatable bonds is 8. The second-order valence-corrected chi connectivity index (χ2v) is 8.68. The third-order valence-electron chi connectivity index (χ3n) is 6.04. The molecule has 0 spiro atoms. The van der Waals surface area contributed by atoms with E-state index in [1.807, 2.05) is 0 Å². The molecule has 0 radical (unpaired) electrons. The third kappa shape index (κ3) is 5.86. The fraction of sp³-hybridized carbons (Fsp3) is 0.538. The Hall–Kier alpha value is -1.76. The Morgan fingerprint density at radius 2 is 1.44 bits per heavy atom. The fourth-order valence-corrected chi connectivity index (χ4v) is 4.26. The van der Waals surface area contributed by atoms with Crippen molar-refractivity contribution < 1.29 is 4.74 Å². The van der Waals surface area contributed by atoms with Gasteiger partial charge in [0, 0.05) is 0 Å². The first kappa shape index (κ1) is 20.0. The first-order valence-corrected chi connectivity index (χ1v) is 11.0. The van der Waals surface area contributed by atoms with E-state index in [9.17, 15) is 0 Å². The molecule has 2 aromatic rings. The molecule has 0 N–H and O–H groups in total. The van der Waals surface area contributed by atoms with E-state index in [0.717, 1.165) is 36.5 Å². The molecule has 1 saturated carbocycles. The van der Waals surface area contributed by atoms with E-state index in [1.165, 1.54) is 55.2 Å². The highest BCUT2D eigenvalue weighted by molar-refractivity contribution is 5.64. The summed E-state index contributed by atoms with van der Waals surface area (Å²) in [5, 5.41) is 0. The smallest absolute Gasteiger partial charge is 0.119 e. The minimum Gasteiger partial charge on any atom is -0.494 e. The zero-order valence-electron chi connectivity index (χ0n) is 17.4. The number of hydrogen-bond donors (Lipinski definition) is 0. The average Bonchev–Trinajstić information content (AvgIpc) is 2.72. The van der Waals surface area contributed by atoms with Crippen molar-refractivity contribution in [2.24, 2.45) is 11.8 Å². The predicted molar refractivity (Wildman–Crippen MR) is 116 cm³/mol. The minimum atomic E-state index is 0.763. The predicted octanol–water partition coefficient (Wildman–Crippen LogP) is 7.85. The number of hydrogen-bond acceptors (Lipinski definition) is 1. The molecule has 1 fully saturated rings. The molecule has 2 aromatic carbocycles. The van der Waals surface area contributed by atoms with E-state index in [2.05, 4.69) is 69.3 Å². The van der Waals surface area contributed by atoms with Gasteiger partial charge in [-0.3, -0.25) is 0 Å². The van der Waals surface area contributed by atoms with Gasteiger partial charge in [0.05, 0.1) is 6.61 Å². The van der Waals surface area contributed by atoms with E-state index < -0.39 is 0 Å². The maximum absolute atomic E-state index is 5.68. The molecule has 0 saturated heterocycles. The van der Waals surface area contributed by atoms with Crippen LogP contribution in [0.2, 0.25) is 0 Å². The van der Waals surface area contributed by atoms with Crippen LogP contribution in [0.25, 0.3) is 11.1 Å². The molecule has 0 amide bonds. The molecule has 1 aliphatic rings. The normalized spacial score (nSPS) is 20.0. The van der Waals surface area contributed by atoms with Crippen LogP contribution in [0, 0.1) is 11.8 Å². The molecular formula is C26H36O. The molecule has 0 heterocycles. The van der Waals surface area contributed by atoms with Crippen molar-refractivity contribution in [3.8, 4) is 16.9 Å². The molecule has 1 heteroatoms. The summed E-state index contributed by atoms with van der Waals surface area (Å²) >= 11 is 0. The minimum absolute atomic E-state index is 0.763. The van der Waals surface area contributed by atoms with Gasteiger partial charge in [-0.05, 0) is 78.7 Å². The molecule has 3 rings (SSSR count). The summed E-state index contributed by atoms with van der Waals surface area (Å²) < 4.78 is 5.68. The van der Waals surface area contributed by atoms with E-state index in [0.29, 0.717) is 0 Å². The first-order valence-electron chi connectivity index (χ1n) is 11.0. The van der Waals surface area contributed by atoms with Gasteiger partial charge in [-0.1, -0.05) is 70.0 Å². The van der Waals surface area contributed by atoms with Crippen LogP contribution in [0.3, 0.4) is 0 Å². The highest BCUT2D eigenvalue weighted by Gasteiger charge is 2.22. The van der Waals surface area contributed by atoms with Crippen LogP contribution < -0.4 is 4.74 Å². The van der Waals surface area contributed by atoms with Crippen LogP contribution in [-0.4, -0.2) is 6.61 Å². The summed E-state index contributed by atoms with van der Waals surface area (Å²) in [4.78, 5) is 0. The highest BCUT2D eigenvalue weighted by atomic mass is 16.5. The van der Waals surface area contributed by atoms with Crippen molar-refractivity contribution in [2.75, 3.05) is 6.61 Å². The van der Waals surface area contributed by atoms with Crippen molar-refractivity contribution in [2.45, 2.75) is 71.6 Å². The lowest BCUT2D eigenvalue weighted by molar-refractivity contribution is 0.293. The molecule has 27 heavy (non-hydrogen) atoms. The van der Waals surface area contributed by atoms with Gasteiger partial charge >= 0.3 is 0 Å². The van der Waals surface area contributed by atoms with Crippen LogP contribution in [0.5, 0.6) is 5.75 Å². The highest BCUT2D eigenvalue weighted by Crippen LogP contribution is 2.38. The number of benzene rings is 2. The van der Waals surface area contributed by atoms with Crippen LogP contribution in [0.4, 0.5) is 0 Å². The van der Waals surface area contributed by atoms with Crippen molar-refractivity contribution in [3.05, 3.63) is 54.1 Å². The zero-order chi connectivity index (χ0) is 19.1. The van der Waals surface area contributed by atoms with Gasteiger partial charge in [0.1, 0.15) is 5.75 Å². The van der Waals surface area contributed by atoms with Crippen molar-refractivity contribution >= 4 is 0 Å². The van der Waals surface area contributed by atoms with Crippen LogP contribution in [0.15, 0.2) is 48.5 Å². The standard InChI is InChI=1S/C26H36O/c1-4-19-27-26-17-15-25(16-18-26)24-13-11-23(12-14-24)22-9-7-21(8-10-22)6-5-20(2)3/h11-18,20-22H,4-10,19H2,1-3H3. The largest absolute Gasteiger partial charge is 0.494 e. The topological polar surface area (TPSA) is 9.23 Å². The van der Waals surface area contributed by atoms with Gasteiger partial charge < -0.3 is 4.74 Å². The van der Waals surface area contributed by atoms with Crippen molar-refractivity contribution in [1.82, 2.24) is 0 Å². The zero-order valence-corrected chi connectivity index (χ0v) is 17.4. The van der Waals surface area contributed by atoms with Gasteiger partial charge in [0.2, 0.25) is 0 Å². The summed E-state index contributed by atoms with van der Waals surface area (Å²) in [6.45, 7) is 7.61. The lowest BCUT2D eigenvalue weighted by Crippen LogP contribution is -2.14. The van der Waals surface area contributed by atoms with Gasteiger partial charge in [-0.2, -0.15) is 0 Å². The Bertz CT molecular complexity index is 660. The van der Waals surface area contributed by atoms with E-state index >= 15 is 0 Å². The molecule has 0 bridgehead atoms. The molecule has 146 valence electrons. The van der Waals surface area contributed by atoms with E-state index in [-0.39, 0.29) is 0 Å². The lowest BCUT2D eigenvalue weighted by atomic mass is 9.76. The summed E-state index contributed by atoms with van der Waals surface area (Å²) in [6, 6.07) is 17.8. The summed E-state index contributed by atoms with van der Waals surface area (Å²) in [5.74, 6) is 3.55. The van der Waals surface area contributed by atoms with Crippen LogP contribution in [-0.2, 0) is 0 Å². The molecule has 1 aliphatic carbocycles. The second-order valence-electron chi connectivity index (χ2n) is 8.68. The molecule has 0 atom stereocenters. The SMILES string of the molecule is CCCOc1ccc(-c2ccc(C3CCC(CCC(C)C)CC3)cc2)cc1. The average molecular weight is 365 g/mol. The Labute approximate surface area is 166 Å². The Balaban J connectivity index is 1.54. The van der Waals surface area contributed by atoms with Crippen molar-refractivity contribution in [3.63, 3.8) is 0 Å². The van der Waals surface area contributed by atoms with E-state index in [4.69, 9.17) is 4.74 Å². The second kappa shape index (κ2) is 9.97. The Morgan fingerprint density at radius 3 is 2.00 bits per heavy atom. The fourth-order valence-electron chi connectivity index (χ4n) is 4.26. The van der Waals surface area contributed by atoms with Crippen LogP contribution in [0.1, 0.15) is 77.2 Å². The molecular weight excluding hydrogens is 328 g/mol.